The van der Waals surface area contributed by atoms with Gasteiger partial charge in [-0.2, -0.15) is 0 Å². The molecule has 0 aliphatic rings. The zero-order chi connectivity index (χ0) is 19.2. The summed E-state index contributed by atoms with van der Waals surface area (Å²) in [6.45, 7) is 4.21. The average Bonchev–Trinajstić information content (AvgIpc) is 2.70. The summed E-state index contributed by atoms with van der Waals surface area (Å²) >= 11 is 0. The number of nitrogens with one attached hydrogen (secondary N) is 2. The first-order valence-electron chi connectivity index (χ1n) is 8.55. The van der Waals surface area contributed by atoms with Crippen LogP contribution in [-0.2, 0) is 6.54 Å². The van der Waals surface area contributed by atoms with E-state index in [9.17, 15) is 9.59 Å². The maximum atomic E-state index is 12.6. The quantitative estimate of drug-likeness (QED) is 0.731. The highest BCUT2D eigenvalue weighted by atomic mass is 16.2. The topological polar surface area (TPSA) is 84.0 Å². The van der Waals surface area contributed by atoms with Crippen LogP contribution in [0.15, 0.2) is 61.1 Å². The lowest BCUT2D eigenvalue weighted by atomic mass is 10.1. The van der Waals surface area contributed by atoms with E-state index in [1.165, 1.54) is 12.3 Å². The van der Waals surface area contributed by atoms with Gasteiger partial charge in [-0.15, -0.1) is 0 Å². The van der Waals surface area contributed by atoms with E-state index >= 15 is 0 Å². The standard InChI is InChI=1S/C21H20N4O2/c1-14-5-3-6-15(2)19(14)25-20(26)17-8-10-23-18(11-17)21(27)24-13-16-7-4-9-22-12-16/h3-12H,13H2,1-2H3,(H,24,27)(H,25,26). The highest BCUT2D eigenvalue weighted by molar-refractivity contribution is 6.06. The molecular formula is C21H20N4O2. The number of aryl methyl sites for hydroxylation is 2. The van der Waals surface area contributed by atoms with Crippen molar-refractivity contribution in [3.63, 3.8) is 0 Å². The number of nitrogens with zero attached hydrogens (tertiary/aromatic N) is 2. The Morgan fingerprint density at radius 2 is 1.74 bits per heavy atom. The summed E-state index contributed by atoms with van der Waals surface area (Å²) < 4.78 is 0. The molecular weight excluding hydrogens is 340 g/mol. The van der Waals surface area contributed by atoms with Crippen LogP contribution in [0.25, 0.3) is 0 Å². The molecule has 0 aliphatic carbocycles. The first kappa shape index (κ1) is 18.3. The molecule has 3 rings (SSSR count). The number of rotatable bonds is 5. The van der Waals surface area contributed by atoms with E-state index in [4.69, 9.17) is 0 Å². The van der Waals surface area contributed by atoms with Gasteiger partial charge in [0.1, 0.15) is 5.69 Å². The van der Waals surface area contributed by atoms with E-state index in [1.54, 1.807) is 24.5 Å². The van der Waals surface area contributed by atoms with Gasteiger partial charge in [0.05, 0.1) is 0 Å². The first-order valence-corrected chi connectivity index (χ1v) is 8.55. The van der Waals surface area contributed by atoms with Crippen LogP contribution in [-0.4, -0.2) is 21.8 Å². The third-order valence-corrected chi connectivity index (χ3v) is 4.15. The van der Waals surface area contributed by atoms with E-state index in [0.717, 1.165) is 22.4 Å². The molecule has 2 heterocycles. The van der Waals surface area contributed by atoms with Gasteiger partial charge in [-0.05, 0) is 48.7 Å². The molecule has 3 aromatic rings. The Kier molecular flexibility index (Phi) is 5.56. The second kappa shape index (κ2) is 8.23. The van der Waals surface area contributed by atoms with Crippen LogP contribution < -0.4 is 10.6 Å². The maximum absolute atomic E-state index is 12.6. The molecule has 0 radical (unpaired) electrons. The van der Waals surface area contributed by atoms with Crippen molar-refractivity contribution < 1.29 is 9.59 Å². The van der Waals surface area contributed by atoms with Crippen molar-refractivity contribution in [2.75, 3.05) is 5.32 Å². The summed E-state index contributed by atoms with van der Waals surface area (Å²) in [5.74, 6) is -0.628. The van der Waals surface area contributed by atoms with Gasteiger partial charge in [0, 0.05) is 36.4 Å². The number of carbonyl (C=O) groups is 2. The van der Waals surface area contributed by atoms with Crippen molar-refractivity contribution in [2.45, 2.75) is 20.4 Å². The van der Waals surface area contributed by atoms with Crippen molar-refractivity contribution in [1.29, 1.82) is 0 Å². The van der Waals surface area contributed by atoms with Crippen molar-refractivity contribution >= 4 is 17.5 Å². The molecule has 2 amide bonds. The summed E-state index contributed by atoms with van der Waals surface area (Å²) in [5, 5.41) is 5.69. The van der Waals surface area contributed by atoms with Crippen molar-refractivity contribution in [3.8, 4) is 0 Å². The molecule has 6 heteroatoms. The molecule has 27 heavy (non-hydrogen) atoms. The van der Waals surface area contributed by atoms with E-state index in [1.807, 2.05) is 38.1 Å². The normalized spacial score (nSPS) is 10.3. The zero-order valence-corrected chi connectivity index (χ0v) is 15.2. The number of hydrogen-bond acceptors (Lipinski definition) is 4. The predicted molar refractivity (Wildman–Crippen MR) is 104 cm³/mol. The van der Waals surface area contributed by atoms with Gasteiger partial charge in [0.15, 0.2) is 0 Å². The van der Waals surface area contributed by atoms with E-state index < -0.39 is 0 Å². The predicted octanol–water partition coefficient (Wildman–Crippen LogP) is 3.28. The van der Waals surface area contributed by atoms with E-state index in [2.05, 4.69) is 20.6 Å². The van der Waals surface area contributed by atoms with Gasteiger partial charge in [-0.3, -0.25) is 19.6 Å². The second-order valence-electron chi connectivity index (χ2n) is 6.19. The lowest BCUT2D eigenvalue weighted by molar-refractivity contribution is 0.0946. The smallest absolute Gasteiger partial charge is 0.270 e. The average molecular weight is 360 g/mol. The summed E-state index contributed by atoms with van der Waals surface area (Å²) in [6.07, 6.45) is 4.81. The molecule has 1 aromatic carbocycles. The summed E-state index contributed by atoms with van der Waals surface area (Å²) in [6, 6.07) is 12.6. The molecule has 0 fully saturated rings. The Balaban J connectivity index is 1.71. The molecule has 2 aromatic heterocycles. The van der Waals surface area contributed by atoms with Gasteiger partial charge in [0.25, 0.3) is 11.8 Å². The molecule has 0 unspecified atom stereocenters. The van der Waals surface area contributed by atoms with Crippen molar-refractivity contribution in [3.05, 3.63) is 89.0 Å². The van der Waals surface area contributed by atoms with Gasteiger partial charge in [0.2, 0.25) is 0 Å². The number of amides is 2. The number of para-hydroxylation sites is 1. The molecule has 0 aliphatic heterocycles. The van der Waals surface area contributed by atoms with Crippen LogP contribution in [0.5, 0.6) is 0 Å². The molecule has 0 atom stereocenters. The van der Waals surface area contributed by atoms with Crippen LogP contribution in [0.2, 0.25) is 0 Å². The lowest BCUT2D eigenvalue weighted by Crippen LogP contribution is -2.24. The van der Waals surface area contributed by atoms with Gasteiger partial charge in [-0.1, -0.05) is 24.3 Å². The Morgan fingerprint density at radius 3 is 2.44 bits per heavy atom. The first-order chi connectivity index (χ1) is 13.0. The molecule has 136 valence electrons. The molecule has 6 nitrogen and oxygen atoms in total. The molecule has 0 spiro atoms. The lowest BCUT2D eigenvalue weighted by Gasteiger charge is -2.12. The van der Waals surface area contributed by atoms with Gasteiger partial charge in [-0.25, -0.2) is 0 Å². The van der Waals surface area contributed by atoms with Gasteiger partial charge < -0.3 is 10.6 Å². The highest BCUT2D eigenvalue weighted by Crippen LogP contribution is 2.20. The van der Waals surface area contributed by atoms with Crippen LogP contribution in [0.3, 0.4) is 0 Å². The fraction of sp³-hybridized carbons (Fsp3) is 0.143. The third kappa shape index (κ3) is 4.55. The fourth-order valence-corrected chi connectivity index (χ4v) is 2.67. The molecule has 0 saturated carbocycles. The zero-order valence-electron chi connectivity index (χ0n) is 15.2. The summed E-state index contributed by atoms with van der Waals surface area (Å²) in [4.78, 5) is 33.0. The van der Waals surface area contributed by atoms with Crippen LogP contribution in [0.4, 0.5) is 5.69 Å². The maximum Gasteiger partial charge on any atom is 0.270 e. The number of pyridine rings is 2. The minimum atomic E-state index is -0.347. The van der Waals surface area contributed by atoms with Crippen LogP contribution in [0.1, 0.15) is 37.5 Å². The van der Waals surface area contributed by atoms with Crippen LogP contribution >= 0.6 is 0 Å². The Labute approximate surface area is 157 Å². The van der Waals surface area contributed by atoms with Crippen molar-refractivity contribution in [1.82, 2.24) is 15.3 Å². The number of benzene rings is 1. The fourth-order valence-electron chi connectivity index (χ4n) is 2.67. The molecule has 2 N–H and O–H groups in total. The van der Waals surface area contributed by atoms with Crippen LogP contribution in [0, 0.1) is 13.8 Å². The largest absolute Gasteiger partial charge is 0.347 e. The number of carbonyl (C=O) groups excluding carboxylic acids is 2. The minimum Gasteiger partial charge on any atom is -0.347 e. The third-order valence-electron chi connectivity index (χ3n) is 4.15. The van der Waals surface area contributed by atoms with E-state index in [-0.39, 0.29) is 17.5 Å². The Bertz CT molecular complexity index is 951. The highest BCUT2D eigenvalue weighted by Gasteiger charge is 2.13. The second-order valence-corrected chi connectivity index (χ2v) is 6.19. The SMILES string of the molecule is Cc1cccc(C)c1NC(=O)c1ccnc(C(=O)NCc2cccnc2)c1. The minimum absolute atomic E-state index is 0.188. The Morgan fingerprint density at radius 1 is 0.963 bits per heavy atom. The molecule has 0 saturated heterocycles. The monoisotopic (exact) mass is 360 g/mol. The molecule has 0 bridgehead atoms. The Hall–Kier alpha value is -3.54. The summed E-state index contributed by atoms with van der Waals surface area (Å²) in [7, 11) is 0. The summed E-state index contributed by atoms with van der Waals surface area (Å²) in [5.41, 5.74) is 4.18. The van der Waals surface area contributed by atoms with Gasteiger partial charge >= 0.3 is 0 Å². The van der Waals surface area contributed by atoms with E-state index in [0.29, 0.717) is 12.1 Å². The number of hydrogen-bond donors (Lipinski definition) is 2. The number of aromatic nitrogens is 2. The number of anilines is 1. The van der Waals surface area contributed by atoms with Crippen molar-refractivity contribution in [2.24, 2.45) is 0 Å².